The maximum Gasteiger partial charge on any atom is 0.274 e. The maximum absolute atomic E-state index is 11.0. The minimum atomic E-state index is -0.436. The van der Waals surface area contributed by atoms with E-state index in [1.165, 1.54) is 0 Å². The molecule has 0 radical (unpaired) electrons. The molecule has 0 unspecified atom stereocenters. The lowest BCUT2D eigenvalue weighted by atomic mass is 10.2. The van der Waals surface area contributed by atoms with Gasteiger partial charge in [0.25, 0.3) is 6.20 Å². The van der Waals surface area contributed by atoms with Crippen LogP contribution in [-0.4, -0.2) is 38.8 Å². The van der Waals surface area contributed by atoms with Crippen LogP contribution < -0.4 is 0 Å². The van der Waals surface area contributed by atoms with Crippen LogP contribution in [0.4, 0.5) is 0 Å². The smallest absolute Gasteiger partial charge is 0.274 e. The van der Waals surface area contributed by atoms with Crippen LogP contribution in [0.1, 0.15) is 11.1 Å². The molecule has 120 valence electrons. The van der Waals surface area contributed by atoms with Gasteiger partial charge in [-0.05, 0) is 23.3 Å². The van der Waals surface area contributed by atoms with Gasteiger partial charge in [0, 0.05) is 52.0 Å². The van der Waals surface area contributed by atoms with Crippen LogP contribution in [-0.2, 0) is 13.1 Å². The van der Waals surface area contributed by atoms with E-state index in [0.29, 0.717) is 18.9 Å². The predicted molar refractivity (Wildman–Crippen MR) is 86.5 cm³/mol. The van der Waals surface area contributed by atoms with Gasteiger partial charge in [0.05, 0.1) is 4.92 Å². The van der Waals surface area contributed by atoms with Crippen molar-refractivity contribution in [3.63, 3.8) is 0 Å². The molecule has 0 aliphatic heterocycles. The van der Waals surface area contributed by atoms with Crippen LogP contribution in [0.25, 0.3) is 0 Å². The van der Waals surface area contributed by atoms with E-state index < -0.39 is 4.92 Å². The molecular weight excluding hydrogens is 294 g/mol. The summed E-state index contributed by atoms with van der Waals surface area (Å²) in [7, 11) is 3.64. The van der Waals surface area contributed by atoms with Crippen molar-refractivity contribution in [2.24, 2.45) is 0 Å². The molecule has 0 saturated heterocycles. The quantitative estimate of drug-likeness (QED) is 0.576. The van der Waals surface area contributed by atoms with Crippen molar-refractivity contribution >= 4 is 0 Å². The Morgan fingerprint density at radius 1 is 1.09 bits per heavy atom. The van der Waals surface area contributed by atoms with E-state index in [2.05, 4.69) is 9.97 Å². The second-order valence-corrected chi connectivity index (χ2v) is 5.21. The van der Waals surface area contributed by atoms with Gasteiger partial charge in [0.15, 0.2) is 5.82 Å². The first-order valence-corrected chi connectivity index (χ1v) is 7.11. The molecule has 7 heteroatoms. The molecule has 0 aliphatic rings. The number of rotatable bonds is 7. The molecule has 23 heavy (non-hydrogen) atoms. The summed E-state index contributed by atoms with van der Waals surface area (Å²) in [4.78, 5) is 22.3. The zero-order valence-corrected chi connectivity index (χ0v) is 13.2. The molecule has 0 atom stereocenters. The van der Waals surface area contributed by atoms with Crippen LogP contribution >= 0.6 is 0 Å². The average Bonchev–Trinajstić information content (AvgIpc) is 2.54. The lowest BCUT2D eigenvalue weighted by Gasteiger charge is -2.29. The summed E-state index contributed by atoms with van der Waals surface area (Å²) in [6, 6.07) is 7.57. The van der Waals surface area contributed by atoms with Gasteiger partial charge in [-0.15, -0.1) is 0 Å². The van der Waals surface area contributed by atoms with Gasteiger partial charge in [0.1, 0.15) is 0 Å². The van der Waals surface area contributed by atoms with Gasteiger partial charge in [0.2, 0.25) is 0 Å². The molecule has 0 aromatic carbocycles. The summed E-state index contributed by atoms with van der Waals surface area (Å²) in [5.74, 6) is 0.516. The largest absolute Gasteiger partial charge is 0.352 e. The van der Waals surface area contributed by atoms with Crippen LogP contribution in [0.3, 0.4) is 0 Å². The predicted octanol–water partition coefficient (Wildman–Crippen LogP) is 2.12. The second kappa shape index (κ2) is 7.88. The van der Waals surface area contributed by atoms with Crippen molar-refractivity contribution in [1.82, 2.24) is 19.8 Å². The standard InChI is InChI=1S/C16H19N5O2/c1-19(11-14-5-3-7-17-9-14)16(13-21(22)23)20(2)12-15-6-4-8-18-10-15/h3-10,13H,11-12H2,1-2H3. The molecule has 2 rings (SSSR count). The van der Waals surface area contributed by atoms with Crippen molar-refractivity contribution in [3.8, 4) is 0 Å². The molecule has 0 N–H and O–H groups in total. The van der Waals surface area contributed by atoms with Gasteiger partial charge < -0.3 is 9.80 Å². The van der Waals surface area contributed by atoms with E-state index in [9.17, 15) is 10.1 Å². The molecular formula is C16H19N5O2. The lowest BCUT2D eigenvalue weighted by molar-refractivity contribution is -0.405. The summed E-state index contributed by atoms with van der Waals surface area (Å²) < 4.78 is 0. The summed E-state index contributed by atoms with van der Waals surface area (Å²) in [5, 5.41) is 11.0. The Morgan fingerprint density at radius 3 is 1.91 bits per heavy atom. The van der Waals surface area contributed by atoms with E-state index in [1.54, 1.807) is 24.8 Å². The first-order valence-electron chi connectivity index (χ1n) is 7.11. The Hall–Kier alpha value is -2.96. The number of pyridine rings is 2. The SMILES string of the molecule is CN(Cc1cccnc1)C(=C[N+](=O)[O-])N(C)Cc1cccnc1. The Morgan fingerprint density at radius 2 is 1.57 bits per heavy atom. The number of hydrogen-bond donors (Lipinski definition) is 0. The minimum Gasteiger partial charge on any atom is -0.352 e. The van der Waals surface area contributed by atoms with Crippen molar-refractivity contribution in [2.75, 3.05) is 14.1 Å². The molecule has 7 nitrogen and oxygen atoms in total. The summed E-state index contributed by atoms with van der Waals surface area (Å²) >= 11 is 0. The lowest BCUT2D eigenvalue weighted by Crippen LogP contribution is -2.30. The van der Waals surface area contributed by atoms with E-state index in [-0.39, 0.29) is 0 Å². The molecule has 0 aliphatic carbocycles. The van der Waals surface area contributed by atoms with E-state index in [0.717, 1.165) is 17.3 Å². The molecule has 0 bridgehead atoms. The van der Waals surface area contributed by atoms with E-state index in [4.69, 9.17) is 0 Å². The van der Waals surface area contributed by atoms with Gasteiger partial charge in [-0.2, -0.15) is 0 Å². The number of nitro groups is 1. The van der Waals surface area contributed by atoms with Crippen LogP contribution in [0.2, 0.25) is 0 Å². The number of aromatic nitrogens is 2. The van der Waals surface area contributed by atoms with Crippen molar-refractivity contribution in [1.29, 1.82) is 0 Å². The monoisotopic (exact) mass is 313 g/mol. The van der Waals surface area contributed by atoms with Crippen LogP contribution in [0, 0.1) is 10.1 Å². The normalized spacial score (nSPS) is 10.0. The summed E-state index contributed by atoms with van der Waals surface area (Å²) in [6.07, 6.45) is 7.92. The fourth-order valence-corrected chi connectivity index (χ4v) is 2.28. The minimum absolute atomic E-state index is 0.436. The fourth-order valence-electron chi connectivity index (χ4n) is 2.28. The zero-order valence-electron chi connectivity index (χ0n) is 13.2. The van der Waals surface area contributed by atoms with Gasteiger partial charge in [-0.25, -0.2) is 0 Å². The van der Waals surface area contributed by atoms with Gasteiger partial charge in [-0.1, -0.05) is 12.1 Å². The molecule has 2 heterocycles. The Bertz CT molecular complexity index is 611. The van der Waals surface area contributed by atoms with Gasteiger partial charge >= 0.3 is 0 Å². The topological polar surface area (TPSA) is 75.4 Å². The zero-order chi connectivity index (χ0) is 16.7. The molecule has 0 fully saturated rings. The highest BCUT2D eigenvalue weighted by molar-refractivity contribution is 5.12. The molecule has 0 saturated carbocycles. The van der Waals surface area contributed by atoms with E-state index in [1.807, 2.05) is 48.2 Å². The highest BCUT2D eigenvalue weighted by Crippen LogP contribution is 2.14. The van der Waals surface area contributed by atoms with E-state index >= 15 is 0 Å². The molecule has 2 aromatic rings. The third-order valence-corrected chi connectivity index (χ3v) is 3.29. The molecule has 0 amide bonds. The number of hydrogen-bond acceptors (Lipinski definition) is 6. The average molecular weight is 313 g/mol. The summed E-state index contributed by atoms with van der Waals surface area (Å²) in [6.45, 7) is 1.07. The highest BCUT2D eigenvalue weighted by atomic mass is 16.6. The first-order chi connectivity index (χ1) is 11.1. The van der Waals surface area contributed by atoms with Crippen molar-refractivity contribution in [3.05, 3.63) is 82.3 Å². The van der Waals surface area contributed by atoms with Gasteiger partial charge in [-0.3, -0.25) is 20.1 Å². The summed E-state index contributed by atoms with van der Waals surface area (Å²) in [5.41, 5.74) is 1.97. The number of nitrogens with zero attached hydrogens (tertiary/aromatic N) is 5. The Kier molecular flexibility index (Phi) is 5.62. The van der Waals surface area contributed by atoms with Crippen LogP contribution in [0.5, 0.6) is 0 Å². The first kappa shape index (κ1) is 16.4. The Balaban J connectivity index is 2.14. The molecule has 2 aromatic heterocycles. The van der Waals surface area contributed by atoms with Crippen LogP contribution in [0.15, 0.2) is 61.1 Å². The highest BCUT2D eigenvalue weighted by Gasteiger charge is 2.15. The van der Waals surface area contributed by atoms with Crippen molar-refractivity contribution < 1.29 is 4.92 Å². The van der Waals surface area contributed by atoms with Crippen molar-refractivity contribution in [2.45, 2.75) is 13.1 Å². The fraction of sp³-hybridized carbons (Fsp3) is 0.250. The third-order valence-electron chi connectivity index (χ3n) is 3.29. The second-order valence-electron chi connectivity index (χ2n) is 5.21. The Labute approximate surface area is 135 Å². The molecule has 0 spiro atoms. The maximum atomic E-state index is 11.0. The third kappa shape index (κ3) is 5.06.